The van der Waals surface area contributed by atoms with E-state index in [1.54, 1.807) is 4.90 Å². The van der Waals surface area contributed by atoms with Crippen molar-refractivity contribution in [2.75, 3.05) is 23.4 Å². The van der Waals surface area contributed by atoms with Gasteiger partial charge in [-0.25, -0.2) is 13.2 Å². The second-order valence-electron chi connectivity index (χ2n) is 6.40. The minimum Gasteiger partial charge on any atom is -0.326 e. The summed E-state index contributed by atoms with van der Waals surface area (Å²) in [5.41, 5.74) is 7.27. The molecule has 0 bridgehead atoms. The Bertz CT molecular complexity index is 668. The molecule has 1 aromatic carbocycles. The number of urea groups is 1. The zero-order valence-electron chi connectivity index (χ0n) is 13.1. The van der Waals surface area contributed by atoms with Gasteiger partial charge < -0.3 is 16.0 Å². The van der Waals surface area contributed by atoms with Crippen molar-refractivity contribution in [1.29, 1.82) is 0 Å². The van der Waals surface area contributed by atoms with Gasteiger partial charge >= 0.3 is 6.03 Å². The van der Waals surface area contributed by atoms with Crippen LogP contribution in [0.1, 0.15) is 24.8 Å². The minimum absolute atomic E-state index is 0.0944. The van der Waals surface area contributed by atoms with E-state index in [0.29, 0.717) is 31.1 Å². The molecular weight excluding hydrogens is 314 g/mol. The first-order valence-corrected chi connectivity index (χ1v) is 9.88. The van der Waals surface area contributed by atoms with E-state index in [0.717, 1.165) is 18.4 Å². The largest absolute Gasteiger partial charge is 0.326 e. The van der Waals surface area contributed by atoms with Crippen molar-refractivity contribution in [3.05, 3.63) is 29.8 Å². The summed E-state index contributed by atoms with van der Waals surface area (Å²) in [5, 5.41) is 2.88. The normalized spacial score (nSPS) is 24.0. The molecule has 1 aliphatic heterocycles. The van der Waals surface area contributed by atoms with Gasteiger partial charge in [0.05, 0.1) is 17.5 Å². The third kappa shape index (κ3) is 4.03. The molecule has 23 heavy (non-hydrogen) atoms. The number of rotatable bonds is 3. The quantitative estimate of drug-likeness (QED) is 0.876. The lowest BCUT2D eigenvalue weighted by molar-refractivity contribution is 0.188. The molecule has 1 saturated carbocycles. The van der Waals surface area contributed by atoms with E-state index in [4.69, 9.17) is 5.73 Å². The maximum atomic E-state index is 12.6. The van der Waals surface area contributed by atoms with Crippen LogP contribution in [0.2, 0.25) is 0 Å². The first-order chi connectivity index (χ1) is 11.0. The standard InChI is InChI=1S/C16H23N3O3S/c17-10-12-2-6-14(7-3-12)18-16(20)19-8-1-9-23(21,22)11-15(19)13-4-5-13/h2-3,6-7,13,15H,1,4-5,8-11,17H2,(H,18,20). The van der Waals surface area contributed by atoms with Gasteiger partial charge in [-0.15, -0.1) is 0 Å². The molecule has 1 unspecified atom stereocenters. The summed E-state index contributed by atoms with van der Waals surface area (Å²) in [6.07, 6.45) is 2.52. The highest BCUT2D eigenvalue weighted by Crippen LogP contribution is 2.37. The van der Waals surface area contributed by atoms with Crippen LogP contribution in [0, 0.1) is 5.92 Å². The van der Waals surface area contributed by atoms with Crippen LogP contribution in [-0.2, 0) is 16.4 Å². The van der Waals surface area contributed by atoms with Gasteiger partial charge in [-0.2, -0.15) is 0 Å². The Labute approximate surface area is 137 Å². The number of anilines is 1. The molecule has 3 N–H and O–H groups in total. The van der Waals surface area contributed by atoms with E-state index in [2.05, 4.69) is 5.32 Å². The van der Waals surface area contributed by atoms with Crippen molar-refractivity contribution in [3.63, 3.8) is 0 Å². The van der Waals surface area contributed by atoms with Crippen molar-refractivity contribution < 1.29 is 13.2 Å². The minimum atomic E-state index is -3.06. The number of nitrogens with two attached hydrogens (primary N) is 1. The van der Waals surface area contributed by atoms with Gasteiger partial charge in [0, 0.05) is 18.8 Å². The van der Waals surface area contributed by atoms with Crippen LogP contribution in [0.25, 0.3) is 0 Å². The predicted octanol–water partition coefficient (Wildman–Crippen LogP) is 1.58. The summed E-state index contributed by atoms with van der Waals surface area (Å²) in [6.45, 7) is 0.953. The van der Waals surface area contributed by atoms with E-state index < -0.39 is 9.84 Å². The Morgan fingerprint density at radius 1 is 1.26 bits per heavy atom. The van der Waals surface area contributed by atoms with Gasteiger partial charge in [-0.05, 0) is 42.9 Å². The number of hydrogen-bond donors (Lipinski definition) is 2. The summed E-state index contributed by atoms with van der Waals surface area (Å²) in [6, 6.07) is 6.99. The maximum Gasteiger partial charge on any atom is 0.322 e. The van der Waals surface area contributed by atoms with Crippen LogP contribution in [0.5, 0.6) is 0 Å². The van der Waals surface area contributed by atoms with Crippen LogP contribution in [0.3, 0.4) is 0 Å². The van der Waals surface area contributed by atoms with Crippen molar-refractivity contribution in [3.8, 4) is 0 Å². The molecule has 0 aromatic heterocycles. The smallest absolute Gasteiger partial charge is 0.322 e. The van der Waals surface area contributed by atoms with Crippen LogP contribution in [-0.4, -0.2) is 43.4 Å². The molecule has 3 rings (SSSR count). The highest BCUT2D eigenvalue weighted by atomic mass is 32.2. The predicted molar refractivity (Wildman–Crippen MR) is 89.8 cm³/mol. The number of carbonyl (C=O) groups is 1. The van der Waals surface area contributed by atoms with Crippen LogP contribution < -0.4 is 11.1 Å². The van der Waals surface area contributed by atoms with Crippen LogP contribution >= 0.6 is 0 Å². The molecule has 2 aliphatic rings. The Hall–Kier alpha value is -1.60. The van der Waals surface area contributed by atoms with Crippen molar-refractivity contribution in [1.82, 2.24) is 4.90 Å². The number of carbonyl (C=O) groups excluding carboxylic acids is 1. The third-order valence-electron chi connectivity index (χ3n) is 4.55. The number of sulfone groups is 1. The van der Waals surface area contributed by atoms with E-state index in [1.165, 1.54) is 0 Å². The summed E-state index contributed by atoms with van der Waals surface area (Å²) in [7, 11) is -3.06. The number of nitrogens with one attached hydrogen (secondary N) is 1. The summed E-state index contributed by atoms with van der Waals surface area (Å²) in [4.78, 5) is 14.3. The van der Waals surface area contributed by atoms with Gasteiger partial charge in [0.2, 0.25) is 0 Å². The van der Waals surface area contributed by atoms with Gasteiger partial charge in [0.15, 0.2) is 9.84 Å². The molecule has 1 aromatic rings. The molecule has 1 aliphatic carbocycles. The molecule has 1 heterocycles. The van der Waals surface area contributed by atoms with Crippen LogP contribution in [0.15, 0.2) is 24.3 Å². The number of hydrogen-bond acceptors (Lipinski definition) is 4. The van der Waals surface area contributed by atoms with Gasteiger partial charge in [0.1, 0.15) is 0 Å². The second kappa shape index (κ2) is 6.49. The molecular formula is C16H23N3O3S. The molecule has 1 saturated heterocycles. The Morgan fingerprint density at radius 2 is 1.96 bits per heavy atom. The first kappa shape index (κ1) is 16.3. The topological polar surface area (TPSA) is 92.5 Å². The fourth-order valence-corrected chi connectivity index (χ4v) is 4.81. The molecule has 1 atom stereocenters. The molecule has 7 heteroatoms. The number of benzene rings is 1. The fraction of sp³-hybridized carbons (Fsp3) is 0.562. The fourth-order valence-electron chi connectivity index (χ4n) is 3.10. The maximum absolute atomic E-state index is 12.6. The molecule has 0 radical (unpaired) electrons. The monoisotopic (exact) mass is 337 g/mol. The number of amides is 2. The average Bonchev–Trinajstić information content (AvgIpc) is 3.35. The van der Waals surface area contributed by atoms with Gasteiger partial charge in [-0.1, -0.05) is 12.1 Å². The van der Waals surface area contributed by atoms with Crippen molar-refractivity contribution >= 4 is 21.6 Å². The lowest BCUT2D eigenvalue weighted by Crippen LogP contribution is -2.46. The Morgan fingerprint density at radius 3 is 2.57 bits per heavy atom. The van der Waals surface area contributed by atoms with Crippen LogP contribution in [0.4, 0.5) is 10.5 Å². The third-order valence-corrected chi connectivity index (χ3v) is 6.31. The lowest BCUT2D eigenvalue weighted by atomic mass is 10.1. The Kier molecular flexibility index (Phi) is 4.59. The molecule has 0 spiro atoms. The van der Waals surface area contributed by atoms with Crippen molar-refractivity contribution in [2.24, 2.45) is 11.7 Å². The summed E-state index contributed by atoms with van der Waals surface area (Å²) >= 11 is 0. The van der Waals surface area contributed by atoms with E-state index in [9.17, 15) is 13.2 Å². The van der Waals surface area contributed by atoms with Gasteiger partial charge in [-0.3, -0.25) is 0 Å². The molecule has 2 fully saturated rings. The molecule has 6 nitrogen and oxygen atoms in total. The molecule has 126 valence electrons. The van der Waals surface area contributed by atoms with E-state index >= 15 is 0 Å². The lowest BCUT2D eigenvalue weighted by Gasteiger charge is -2.29. The SMILES string of the molecule is NCc1ccc(NC(=O)N2CCCS(=O)(=O)CC2C2CC2)cc1. The molecule has 2 amide bonds. The first-order valence-electron chi connectivity index (χ1n) is 8.05. The Balaban J connectivity index is 1.73. The van der Waals surface area contributed by atoms with E-state index in [-0.39, 0.29) is 23.6 Å². The van der Waals surface area contributed by atoms with E-state index in [1.807, 2.05) is 24.3 Å². The zero-order valence-corrected chi connectivity index (χ0v) is 13.9. The highest BCUT2D eigenvalue weighted by Gasteiger charge is 2.41. The summed E-state index contributed by atoms with van der Waals surface area (Å²) < 4.78 is 24.1. The highest BCUT2D eigenvalue weighted by molar-refractivity contribution is 7.91. The average molecular weight is 337 g/mol. The number of nitrogens with zero attached hydrogens (tertiary/aromatic N) is 1. The van der Waals surface area contributed by atoms with Crippen molar-refractivity contribution in [2.45, 2.75) is 31.8 Å². The second-order valence-corrected chi connectivity index (χ2v) is 8.63. The zero-order chi connectivity index (χ0) is 16.4. The summed E-state index contributed by atoms with van der Waals surface area (Å²) in [5.74, 6) is 0.593. The van der Waals surface area contributed by atoms with Gasteiger partial charge in [0.25, 0.3) is 0 Å².